The first-order valence-corrected chi connectivity index (χ1v) is 8.65. The van der Waals surface area contributed by atoms with Crippen LogP contribution in [0.3, 0.4) is 0 Å². The highest BCUT2D eigenvalue weighted by Crippen LogP contribution is 2.27. The third-order valence-corrected chi connectivity index (χ3v) is 4.03. The normalized spacial score (nSPS) is 14.9. The Morgan fingerprint density at radius 2 is 1.92 bits per heavy atom. The first kappa shape index (κ1) is 17.5. The van der Waals surface area contributed by atoms with Crippen LogP contribution in [-0.2, 0) is 9.53 Å². The molecule has 0 aliphatic carbocycles. The third-order valence-electron chi connectivity index (χ3n) is 4.03. The lowest BCUT2D eigenvalue weighted by molar-refractivity contribution is -0.124. The minimum atomic E-state index is -0.251. The lowest BCUT2D eigenvalue weighted by Gasteiger charge is -2.20. The Balaban J connectivity index is 1.70. The van der Waals surface area contributed by atoms with Gasteiger partial charge in [0, 0.05) is 5.54 Å². The number of rotatable bonds is 4. The lowest BCUT2D eigenvalue weighted by atomic mass is 9.98. The van der Waals surface area contributed by atoms with E-state index in [1.165, 1.54) is 11.1 Å². The summed E-state index contributed by atoms with van der Waals surface area (Å²) >= 11 is 0. The summed E-state index contributed by atoms with van der Waals surface area (Å²) in [6, 6.07) is 12.4. The van der Waals surface area contributed by atoms with Gasteiger partial charge in [-0.05, 0) is 67.3 Å². The summed E-state index contributed by atoms with van der Waals surface area (Å²) in [5.74, 6) is 0.587. The molecule has 1 amide bonds. The Morgan fingerprint density at radius 1 is 1.16 bits per heavy atom. The largest absolute Gasteiger partial charge is 0.484 e. The maximum Gasteiger partial charge on any atom is 0.258 e. The topological polar surface area (TPSA) is 47.6 Å². The smallest absolute Gasteiger partial charge is 0.258 e. The van der Waals surface area contributed by atoms with Gasteiger partial charge in [-0.25, -0.2) is 0 Å². The predicted molar refractivity (Wildman–Crippen MR) is 101 cm³/mol. The molecule has 0 radical (unpaired) electrons. The van der Waals surface area contributed by atoms with Gasteiger partial charge in [0.15, 0.2) is 6.61 Å². The molecule has 0 saturated heterocycles. The van der Waals surface area contributed by atoms with Gasteiger partial charge in [0.1, 0.15) is 5.75 Å². The molecule has 2 aromatic carbocycles. The fourth-order valence-corrected chi connectivity index (χ4v) is 2.91. The molecule has 1 N–H and O–H groups in total. The Morgan fingerprint density at radius 3 is 2.64 bits per heavy atom. The maximum atomic E-state index is 11.9. The molecule has 132 valence electrons. The SMILES string of the molecule is CC(C)(C)NC(=O)COc1ccc2cc(C3=CCOCC3)ccc2c1. The molecule has 0 saturated carbocycles. The molecule has 0 spiro atoms. The van der Waals surface area contributed by atoms with Crippen molar-refractivity contribution in [2.24, 2.45) is 0 Å². The van der Waals surface area contributed by atoms with Crippen LogP contribution in [0.1, 0.15) is 32.8 Å². The standard InChI is InChI=1S/C21H25NO3/c1-21(2,3)22-20(23)14-25-19-7-6-17-12-16(4-5-18(17)13-19)15-8-10-24-11-9-15/h4-8,12-13H,9-11,14H2,1-3H3,(H,22,23). The highest BCUT2D eigenvalue weighted by molar-refractivity contribution is 5.87. The van der Waals surface area contributed by atoms with Crippen LogP contribution in [0.5, 0.6) is 5.75 Å². The van der Waals surface area contributed by atoms with E-state index in [0.29, 0.717) is 12.4 Å². The minimum absolute atomic E-state index is 0.0216. The minimum Gasteiger partial charge on any atom is -0.484 e. The Bertz CT molecular complexity index is 802. The number of amides is 1. The zero-order chi connectivity index (χ0) is 17.9. The van der Waals surface area contributed by atoms with Crippen molar-refractivity contribution in [2.45, 2.75) is 32.7 Å². The van der Waals surface area contributed by atoms with Crippen LogP contribution in [0.4, 0.5) is 0 Å². The molecule has 0 bridgehead atoms. The molecule has 25 heavy (non-hydrogen) atoms. The fourth-order valence-electron chi connectivity index (χ4n) is 2.91. The first-order chi connectivity index (χ1) is 11.9. The van der Waals surface area contributed by atoms with Crippen molar-refractivity contribution in [2.75, 3.05) is 19.8 Å². The summed E-state index contributed by atoms with van der Waals surface area (Å²) < 4.78 is 11.0. The number of nitrogens with one attached hydrogen (secondary N) is 1. The average molecular weight is 339 g/mol. The van der Waals surface area contributed by atoms with Crippen LogP contribution >= 0.6 is 0 Å². The number of carbonyl (C=O) groups is 1. The van der Waals surface area contributed by atoms with Crippen LogP contribution in [0.15, 0.2) is 42.5 Å². The van der Waals surface area contributed by atoms with Crippen molar-refractivity contribution in [3.05, 3.63) is 48.0 Å². The van der Waals surface area contributed by atoms with E-state index in [9.17, 15) is 4.79 Å². The van der Waals surface area contributed by atoms with Gasteiger partial charge in [0.2, 0.25) is 0 Å². The molecule has 3 rings (SSSR count). The lowest BCUT2D eigenvalue weighted by Crippen LogP contribution is -2.43. The Labute approximate surface area is 148 Å². The second-order valence-corrected chi connectivity index (χ2v) is 7.36. The molecule has 4 heteroatoms. The van der Waals surface area contributed by atoms with E-state index in [1.54, 1.807) is 0 Å². The summed E-state index contributed by atoms with van der Waals surface area (Å²) in [5.41, 5.74) is 2.33. The van der Waals surface area contributed by atoms with Crippen LogP contribution in [-0.4, -0.2) is 31.3 Å². The maximum absolute atomic E-state index is 11.9. The monoisotopic (exact) mass is 339 g/mol. The molecule has 2 aromatic rings. The molecule has 1 heterocycles. The van der Waals surface area contributed by atoms with E-state index in [4.69, 9.17) is 9.47 Å². The Hall–Kier alpha value is -2.33. The van der Waals surface area contributed by atoms with Gasteiger partial charge in [0.25, 0.3) is 5.91 Å². The van der Waals surface area contributed by atoms with Gasteiger partial charge in [-0.1, -0.05) is 24.3 Å². The summed E-state index contributed by atoms with van der Waals surface area (Å²) in [7, 11) is 0. The molecular weight excluding hydrogens is 314 g/mol. The van der Waals surface area contributed by atoms with Gasteiger partial charge in [-0.15, -0.1) is 0 Å². The van der Waals surface area contributed by atoms with Crippen molar-refractivity contribution in [1.29, 1.82) is 0 Å². The molecule has 4 nitrogen and oxygen atoms in total. The molecular formula is C21H25NO3. The van der Waals surface area contributed by atoms with Crippen LogP contribution < -0.4 is 10.1 Å². The van der Waals surface area contributed by atoms with E-state index < -0.39 is 0 Å². The first-order valence-electron chi connectivity index (χ1n) is 8.65. The molecule has 0 fully saturated rings. The van der Waals surface area contributed by atoms with E-state index >= 15 is 0 Å². The predicted octanol–water partition coefficient (Wildman–Crippen LogP) is 3.94. The number of ether oxygens (including phenoxy) is 2. The van der Waals surface area contributed by atoms with Crippen LogP contribution in [0.25, 0.3) is 16.3 Å². The van der Waals surface area contributed by atoms with Crippen molar-refractivity contribution in [1.82, 2.24) is 5.32 Å². The number of hydrogen-bond acceptors (Lipinski definition) is 3. The van der Waals surface area contributed by atoms with Crippen molar-refractivity contribution >= 4 is 22.3 Å². The van der Waals surface area contributed by atoms with E-state index in [-0.39, 0.29) is 18.1 Å². The zero-order valence-electron chi connectivity index (χ0n) is 15.1. The van der Waals surface area contributed by atoms with Crippen LogP contribution in [0.2, 0.25) is 0 Å². The van der Waals surface area contributed by atoms with Crippen molar-refractivity contribution in [3.8, 4) is 5.75 Å². The molecule has 0 atom stereocenters. The molecule has 0 unspecified atom stereocenters. The zero-order valence-corrected chi connectivity index (χ0v) is 15.1. The average Bonchev–Trinajstić information content (AvgIpc) is 2.58. The van der Waals surface area contributed by atoms with Crippen molar-refractivity contribution < 1.29 is 14.3 Å². The van der Waals surface area contributed by atoms with Gasteiger partial charge < -0.3 is 14.8 Å². The van der Waals surface area contributed by atoms with E-state index in [1.807, 2.05) is 39.0 Å². The number of carbonyl (C=O) groups excluding carboxylic acids is 1. The summed E-state index contributed by atoms with van der Waals surface area (Å²) in [5, 5.41) is 5.16. The number of benzene rings is 2. The number of hydrogen-bond donors (Lipinski definition) is 1. The second kappa shape index (κ2) is 7.28. The van der Waals surface area contributed by atoms with Crippen molar-refractivity contribution in [3.63, 3.8) is 0 Å². The Kier molecular flexibility index (Phi) is 5.09. The number of fused-ring (bicyclic) bond motifs is 1. The van der Waals surface area contributed by atoms with Gasteiger partial charge >= 0.3 is 0 Å². The molecule has 1 aliphatic heterocycles. The highest BCUT2D eigenvalue weighted by atomic mass is 16.5. The van der Waals surface area contributed by atoms with Gasteiger partial charge in [0.05, 0.1) is 13.2 Å². The van der Waals surface area contributed by atoms with E-state index in [2.05, 4.69) is 29.6 Å². The molecule has 1 aliphatic rings. The fraction of sp³-hybridized carbons (Fsp3) is 0.381. The molecule has 0 aromatic heterocycles. The van der Waals surface area contributed by atoms with Gasteiger partial charge in [-0.3, -0.25) is 4.79 Å². The second-order valence-electron chi connectivity index (χ2n) is 7.36. The summed E-state index contributed by atoms with van der Waals surface area (Å²) in [4.78, 5) is 11.9. The summed E-state index contributed by atoms with van der Waals surface area (Å²) in [6.45, 7) is 7.35. The third kappa shape index (κ3) is 4.83. The quantitative estimate of drug-likeness (QED) is 0.918. The highest BCUT2D eigenvalue weighted by Gasteiger charge is 2.14. The van der Waals surface area contributed by atoms with Crippen LogP contribution in [0, 0.1) is 0 Å². The summed E-state index contributed by atoms with van der Waals surface area (Å²) in [6.07, 6.45) is 3.10. The van der Waals surface area contributed by atoms with E-state index in [0.717, 1.165) is 23.8 Å². The van der Waals surface area contributed by atoms with Gasteiger partial charge in [-0.2, -0.15) is 0 Å².